The van der Waals surface area contributed by atoms with E-state index in [-0.39, 0.29) is 12.5 Å². The first-order valence-corrected chi connectivity index (χ1v) is 12.1. The van der Waals surface area contributed by atoms with Crippen molar-refractivity contribution in [2.24, 2.45) is 0 Å². The molecule has 8 heteroatoms. The summed E-state index contributed by atoms with van der Waals surface area (Å²) < 4.78 is 11.2. The molecule has 0 saturated carbocycles. The number of hydrogen-bond donors (Lipinski definition) is 1. The largest absolute Gasteiger partial charge is 0.493 e. The summed E-state index contributed by atoms with van der Waals surface area (Å²) in [4.78, 5) is 31.7. The number of carbonyl (C=O) groups is 2. The van der Waals surface area contributed by atoms with Crippen molar-refractivity contribution < 1.29 is 24.2 Å². The Kier molecular flexibility index (Phi) is 10.2. The Hall–Kier alpha value is -3.94. The Balaban J connectivity index is 0.000000275. The fourth-order valence-electron chi connectivity index (χ4n) is 4.25. The lowest BCUT2D eigenvalue weighted by atomic mass is 9.89. The third kappa shape index (κ3) is 7.53. The first-order valence-electron chi connectivity index (χ1n) is 12.1. The van der Waals surface area contributed by atoms with Crippen LogP contribution in [0.2, 0.25) is 0 Å². The van der Waals surface area contributed by atoms with Gasteiger partial charge >= 0.3 is 5.97 Å². The number of aromatic nitrogens is 2. The van der Waals surface area contributed by atoms with Crippen LogP contribution in [-0.4, -0.2) is 52.6 Å². The van der Waals surface area contributed by atoms with Gasteiger partial charge in [-0.2, -0.15) is 0 Å². The molecular formula is C28H33N3O5. The van der Waals surface area contributed by atoms with Crippen molar-refractivity contribution in [3.05, 3.63) is 83.4 Å². The fraction of sp³-hybridized carbons (Fsp3) is 0.357. The summed E-state index contributed by atoms with van der Waals surface area (Å²) in [6.07, 6.45) is 11.3. The molecule has 0 spiro atoms. The number of rotatable bonds is 10. The average molecular weight is 492 g/mol. The van der Waals surface area contributed by atoms with E-state index >= 15 is 0 Å². The van der Waals surface area contributed by atoms with Gasteiger partial charge in [-0.25, -0.2) is 0 Å². The summed E-state index contributed by atoms with van der Waals surface area (Å²) in [6, 6.07) is 11.8. The number of hydrogen-bond acceptors (Lipinski definition) is 6. The van der Waals surface area contributed by atoms with Gasteiger partial charge in [-0.05, 0) is 79.1 Å². The number of aryl methyl sites for hydroxylation is 2. The SMILES string of the molecule is CCOc1cc2c(cc1OC)CCN(C=O)C2CCc1cccnc1.O=C(O)CCc1cccnc1. The van der Waals surface area contributed by atoms with Crippen molar-refractivity contribution in [2.45, 2.75) is 45.1 Å². The van der Waals surface area contributed by atoms with Crippen molar-refractivity contribution in [1.29, 1.82) is 0 Å². The van der Waals surface area contributed by atoms with Crippen molar-refractivity contribution in [1.82, 2.24) is 14.9 Å². The van der Waals surface area contributed by atoms with Crippen LogP contribution in [0, 0.1) is 0 Å². The van der Waals surface area contributed by atoms with E-state index in [1.54, 1.807) is 31.8 Å². The number of benzene rings is 1. The highest BCUT2D eigenvalue weighted by molar-refractivity contribution is 5.67. The van der Waals surface area contributed by atoms with E-state index in [2.05, 4.69) is 22.1 Å². The molecule has 1 amide bonds. The Morgan fingerprint density at radius 3 is 2.36 bits per heavy atom. The van der Waals surface area contributed by atoms with Gasteiger partial charge in [-0.3, -0.25) is 19.6 Å². The number of pyridine rings is 2. The molecule has 0 aliphatic carbocycles. The first kappa shape index (κ1) is 26.7. The number of carbonyl (C=O) groups excluding carboxylic acids is 1. The van der Waals surface area contributed by atoms with Crippen molar-refractivity contribution in [3.63, 3.8) is 0 Å². The number of amides is 1. The van der Waals surface area contributed by atoms with E-state index in [1.807, 2.05) is 36.2 Å². The standard InChI is InChI=1S/C20H24N2O3.C8H9NO2/c1-3-25-20-12-17-16(11-19(20)24-2)8-10-22(14-23)18(17)7-6-15-5-4-9-21-13-15;10-8(11)4-3-7-2-1-5-9-6-7/h4-5,9,11-14,18H,3,6-8,10H2,1-2H3;1-2,5-6H,3-4H2,(H,10,11). The molecule has 1 unspecified atom stereocenters. The van der Waals surface area contributed by atoms with Crippen LogP contribution in [0.4, 0.5) is 0 Å². The Bertz CT molecular complexity index is 1110. The zero-order valence-corrected chi connectivity index (χ0v) is 20.8. The third-order valence-electron chi connectivity index (χ3n) is 6.04. The minimum atomic E-state index is -0.770. The minimum absolute atomic E-state index is 0.0477. The van der Waals surface area contributed by atoms with Crippen LogP contribution >= 0.6 is 0 Å². The van der Waals surface area contributed by atoms with E-state index < -0.39 is 5.97 Å². The van der Waals surface area contributed by atoms with E-state index in [9.17, 15) is 9.59 Å². The van der Waals surface area contributed by atoms with Crippen LogP contribution < -0.4 is 9.47 Å². The highest BCUT2D eigenvalue weighted by Crippen LogP contribution is 2.39. The van der Waals surface area contributed by atoms with E-state index in [4.69, 9.17) is 14.6 Å². The lowest BCUT2D eigenvalue weighted by Crippen LogP contribution is -2.34. The van der Waals surface area contributed by atoms with Gasteiger partial charge in [0.25, 0.3) is 0 Å². The molecule has 3 heterocycles. The van der Waals surface area contributed by atoms with Crippen LogP contribution in [0.3, 0.4) is 0 Å². The molecule has 190 valence electrons. The Morgan fingerprint density at radius 2 is 1.81 bits per heavy atom. The van der Waals surface area contributed by atoms with Crippen LogP contribution in [-0.2, 0) is 28.9 Å². The van der Waals surface area contributed by atoms with Crippen LogP contribution in [0.15, 0.2) is 61.2 Å². The normalized spacial score (nSPS) is 14.2. The highest BCUT2D eigenvalue weighted by Gasteiger charge is 2.28. The Morgan fingerprint density at radius 1 is 1.11 bits per heavy atom. The second-order valence-corrected chi connectivity index (χ2v) is 8.40. The van der Waals surface area contributed by atoms with Gasteiger partial charge in [0.15, 0.2) is 11.5 Å². The molecule has 1 aliphatic rings. The third-order valence-corrected chi connectivity index (χ3v) is 6.04. The second kappa shape index (κ2) is 13.8. The van der Waals surface area contributed by atoms with Crippen LogP contribution in [0.25, 0.3) is 0 Å². The summed E-state index contributed by atoms with van der Waals surface area (Å²) in [5.41, 5.74) is 4.54. The van der Waals surface area contributed by atoms with Crippen molar-refractivity contribution >= 4 is 12.4 Å². The van der Waals surface area contributed by atoms with Gasteiger partial charge in [-0.1, -0.05) is 12.1 Å². The summed E-state index contributed by atoms with van der Waals surface area (Å²) in [5, 5.41) is 8.35. The number of carboxylic acid groups (broad SMARTS) is 1. The Labute approximate surface area is 211 Å². The monoisotopic (exact) mass is 491 g/mol. The molecular weight excluding hydrogens is 458 g/mol. The van der Waals surface area contributed by atoms with Gasteiger partial charge in [0, 0.05) is 37.8 Å². The number of ether oxygens (including phenoxy) is 2. The van der Waals surface area contributed by atoms with Gasteiger partial charge in [-0.15, -0.1) is 0 Å². The lowest BCUT2D eigenvalue weighted by Gasteiger charge is -2.35. The molecule has 36 heavy (non-hydrogen) atoms. The minimum Gasteiger partial charge on any atom is -0.493 e. The predicted molar refractivity (Wildman–Crippen MR) is 136 cm³/mol. The van der Waals surface area contributed by atoms with E-state index in [1.165, 1.54) is 11.1 Å². The lowest BCUT2D eigenvalue weighted by molar-refractivity contribution is -0.137. The quantitative estimate of drug-likeness (QED) is 0.423. The molecule has 8 nitrogen and oxygen atoms in total. The number of aliphatic carboxylic acids is 1. The molecule has 2 aromatic heterocycles. The van der Waals surface area contributed by atoms with Crippen molar-refractivity contribution in [3.8, 4) is 11.5 Å². The summed E-state index contributed by atoms with van der Waals surface area (Å²) in [6.45, 7) is 3.26. The molecule has 1 aliphatic heterocycles. The maximum Gasteiger partial charge on any atom is 0.303 e. The molecule has 4 rings (SSSR count). The van der Waals surface area contributed by atoms with Gasteiger partial charge in [0.1, 0.15) is 0 Å². The number of carboxylic acids is 1. The first-order chi connectivity index (χ1) is 17.5. The van der Waals surface area contributed by atoms with Crippen LogP contribution in [0.5, 0.6) is 11.5 Å². The zero-order valence-electron chi connectivity index (χ0n) is 20.8. The highest BCUT2D eigenvalue weighted by atomic mass is 16.5. The van der Waals surface area contributed by atoms with Crippen molar-refractivity contribution in [2.75, 3.05) is 20.3 Å². The van der Waals surface area contributed by atoms with Gasteiger partial charge < -0.3 is 19.5 Å². The molecule has 0 saturated heterocycles. The predicted octanol–water partition coefficient (Wildman–Crippen LogP) is 4.28. The topological polar surface area (TPSA) is 102 Å². The molecule has 0 bridgehead atoms. The second-order valence-electron chi connectivity index (χ2n) is 8.40. The molecule has 1 atom stereocenters. The molecule has 0 fully saturated rings. The zero-order chi connectivity index (χ0) is 25.8. The molecule has 0 radical (unpaired) electrons. The summed E-state index contributed by atoms with van der Waals surface area (Å²) in [5.74, 6) is 0.725. The maximum absolute atomic E-state index is 11.6. The van der Waals surface area contributed by atoms with Gasteiger partial charge in [0.05, 0.1) is 19.8 Å². The fourth-order valence-corrected chi connectivity index (χ4v) is 4.25. The number of fused-ring (bicyclic) bond motifs is 1. The van der Waals surface area contributed by atoms with Gasteiger partial charge in [0.2, 0.25) is 6.41 Å². The van der Waals surface area contributed by atoms with Crippen LogP contribution in [0.1, 0.15) is 48.1 Å². The smallest absolute Gasteiger partial charge is 0.303 e. The number of methoxy groups -OCH3 is 1. The molecule has 3 aromatic rings. The van der Waals surface area contributed by atoms with E-state index in [0.717, 1.165) is 54.8 Å². The maximum atomic E-state index is 11.6. The number of nitrogens with zero attached hydrogens (tertiary/aromatic N) is 3. The molecule has 1 N–H and O–H groups in total. The summed E-state index contributed by atoms with van der Waals surface area (Å²) >= 11 is 0. The molecule has 1 aromatic carbocycles. The van der Waals surface area contributed by atoms with E-state index in [0.29, 0.717) is 13.0 Å². The summed E-state index contributed by atoms with van der Waals surface area (Å²) in [7, 11) is 1.66. The average Bonchev–Trinajstić information content (AvgIpc) is 2.92.